The molecule has 0 radical (unpaired) electrons. The summed E-state index contributed by atoms with van der Waals surface area (Å²) in [6.07, 6.45) is 2.02. The first-order valence-corrected chi connectivity index (χ1v) is 12.0. The Balaban J connectivity index is 1.68. The Morgan fingerprint density at radius 1 is 1.31 bits per heavy atom. The molecule has 1 amide bonds. The minimum Gasteiger partial charge on any atom is -0.490 e. The highest BCUT2D eigenvalue weighted by Crippen LogP contribution is 2.20. The number of benzene rings is 2. The first-order valence-electron chi connectivity index (χ1n) is 10.2. The third-order valence-electron chi connectivity index (χ3n) is 5.31. The van der Waals surface area contributed by atoms with Gasteiger partial charge in [-0.05, 0) is 49.7 Å². The van der Waals surface area contributed by atoms with Crippen molar-refractivity contribution in [2.45, 2.75) is 19.4 Å². The molecule has 1 aliphatic rings. The lowest BCUT2D eigenvalue weighted by atomic mass is 10.1. The van der Waals surface area contributed by atoms with E-state index in [2.05, 4.69) is 16.9 Å². The van der Waals surface area contributed by atoms with E-state index in [0.29, 0.717) is 46.8 Å². The molecule has 32 heavy (non-hydrogen) atoms. The van der Waals surface area contributed by atoms with E-state index >= 15 is 0 Å². The topological polar surface area (TPSA) is 107 Å². The van der Waals surface area contributed by atoms with Crippen LogP contribution in [-0.2, 0) is 9.84 Å². The number of carbonyl (C=O) groups excluding carboxylic acids is 1. The summed E-state index contributed by atoms with van der Waals surface area (Å²) in [6, 6.07) is 11.3. The quantitative estimate of drug-likeness (QED) is 0.573. The van der Waals surface area contributed by atoms with Gasteiger partial charge in [-0.2, -0.15) is 0 Å². The number of hydrogen-bond acceptors (Lipinski definition) is 6. The summed E-state index contributed by atoms with van der Waals surface area (Å²) < 4.78 is 30.3. The molecule has 1 aliphatic heterocycles. The number of aryl methyl sites for hydroxylation is 1. The van der Waals surface area contributed by atoms with Crippen LogP contribution >= 0.6 is 0 Å². The van der Waals surface area contributed by atoms with E-state index in [0.717, 1.165) is 0 Å². The first kappa shape index (κ1) is 21.8. The molecule has 0 spiro atoms. The number of aromatic nitrogens is 2. The minimum atomic E-state index is -3.10. The predicted molar refractivity (Wildman–Crippen MR) is 122 cm³/mol. The van der Waals surface area contributed by atoms with Gasteiger partial charge >= 0.3 is 0 Å². The Kier molecular flexibility index (Phi) is 5.84. The maximum Gasteiger partial charge on any atom is 0.266 e. The smallest absolute Gasteiger partial charge is 0.266 e. The van der Waals surface area contributed by atoms with Crippen molar-refractivity contribution in [1.29, 1.82) is 0 Å². The van der Waals surface area contributed by atoms with Gasteiger partial charge in [0, 0.05) is 11.6 Å². The molecule has 0 aliphatic carbocycles. The van der Waals surface area contributed by atoms with Gasteiger partial charge < -0.3 is 10.1 Å². The molecule has 0 saturated carbocycles. The van der Waals surface area contributed by atoms with Crippen LogP contribution < -0.4 is 15.6 Å². The zero-order valence-corrected chi connectivity index (χ0v) is 18.4. The molecule has 2 aromatic carbocycles. The van der Waals surface area contributed by atoms with Crippen LogP contribution in [0.5, 0.6) is 5.75 Å². The van der Waals surface area contributed by atoms with E-state index in [9.17, 15) is 18.0 Å². The number of rotatable bonds is 6. The molecular weight excluding hydrogens is 430 g/mol. The molecule has 166 valence electrons. The summed E-state index contributed by atoms with van der Waals surface area (Å²) in [5.41, 5.74) is 1.09. The van der Waals surface area contributed by atoms with Gasteiger partial charge in [0.15, 0.2) is 9.84 Å². The third-order valence-corrected chi connectivity index (χ3v) is 7.08. The number of nitrogens with zero attached hydrogens (tertiary/aromatic N) is 2. The van der Waals surface area contributed by atoms with Crippen LogP contribution in [-0.4, -0.2) is 48.0 Å². The van der Waals surface area contributed by atoms with Crippen LogP contribution in [0.3, 0.4) is 0 Å². The summed E-state index contributed by atoms with van der Waals surface area (Å²) in [5, 5.41) is 3.16. The van der Waals surface area contributed by atoms with Gasteiger partial charge in [0.2, 0.25) is 0 Å². The second kappa shape index (κ2) is 8.58. The molecule has 1 saturated heterocycles. The summed E-state index contributed by atoms with van der Waals surface area (Å²) in [7, 11) is -3.10. The van der Waals surface area contributed by atoms with Gasteiger partial charge in [0.1, 0.15) is 18.2 Å². The highest BCUT2D eigenvalue weighted by Gasteiger charge is 2.29. The zero-order valence-electron chi connectivity index (χ0n) is 17.6. The predicted octanol–water partition coefficient (Wildman–Crippen LogP) is 2.18. The number of sulfone groups is 1. The highest BCUT2D eigenvalue weighted by atomic mass is 32.2. The standard InChI is InChI=1S/C23H23N3O5S/c1-3-10-31-19-7-8-21-20(13-19)23(28)26(15(2)24-21)18-6-4-5-16(12-18)22(27)25-17-9-11-32(29,30)14-17/h3-8,12-13,17H,1,9-11,14H2,2H3,(H,25,27)/t17-/m0/s1. The Hall–Kier alpha value is -3.46. The molecule has 2 heterocycles. The lowest BCUT2D eigenvalue weighted by Crippen LogP contribution is -2.35. The monoisotopic (exact) mass is 453 g/mol. The maximum atomic E-state index is 13.3. The van der Waals surface area contributed by atoms with Crippen LogP contribution in [0.2, 0.25) is 0 Å². The second-order valence-corrected chi connectivity index (χ2v) is 9.93. The Bertz CT molecular complexity index is 1380. The molecule has 1 atom stereocenters. The first-order chi connectivity index (χ1) is 15.3. The van der Waals surface area contributed by atoms with Gasteiger partial charge in [0.05, 0.1) is 28.1 Å². The number of hydrogen-bond donors (Lipinski definition) is 1. The Morgan fingerprint density at radius 3 is 2.84 bits per heavy atom. The van der Waals surface area contributed by atoms with Crippen LogP contribution in [0.25, 0.3) is 16.6 Å². The van der Waals surface area contributed by atoms with Crippen molar-refractivity contribution in [3.63, 3.8) is 0 Å². The van der Waals surface area contributed by atoms with E-state index in [-0.39, 0.29) is 23.0 Å². The molecule has 0 unspecified atom stereocenters. The van der Waals surface area contributed by atoms with Gasteiger partial charge in [-0.1, -0.05) is 18.7 Å². The highest BCUT2D eigenvalue weighted by molar-refractivity contribution is 7.91. The van der Waals surface area contributed by atoms with Gasteiger partial charge in [-0.15, -0.1) is 0 Å². The van der Waals surface area contributed by atoms with Crippen LogP contribution in [0.1, 0.15) is 22.6 Å². The average molecular weight is 454 g/mol. The van der Waals surface area contributed by atoms with Crippen LogP contribution in [0.4, 0.5) is 0 Å². The average Bonchev–Trinajstić information content (AvgIpc) is 3.10. The summed E-state index contributed by atoms with van der Waals surface area (Å²) in [6.45, 7) is 5.66. The van der Waals surface area contributed by atoms with E-state index in [4.69, 9.17) is 4.74 Å². The molecular formula is C23H23N3O5S. The van der Waals surface area contributed by atoms with Crippen LogP contribution in [0, 0.1) is 6.92 Å². The van der Waals surface area contributed by atoms with Crippen molar-refractivity contribution in [3.05, 3.63) is 76.9 Å². The van der Waals surface area contributed by atoms with Crippen molar-refractivity contribution >= 4 is 26.6 Å². The summed E-state index contributed by atoms with van der Waals surface area (Å²) >= 11 is 0. The number of carbonyl (C=O) groups is 1. The number of ether oxygens (including phenoxy) is 1. The van der Waals surface area contributed by atoms with Gasteiger partial charge in [0.25, 0.3) is 11.5 Å². The van der Waals surface area contributed by atoms with Crippen LogP contribution in [0.15, 0.2) is 59.9 Å². The third kappa shape index (κ3) is 4.43. The zero-order chi connectivity index (χ0) is 22.9. The molecule has 9 heteroatoms. The number of fused-ring (bicyclic) bond motifs is 1. The minimum absolute atomic E-state index is 0.0537. The molecule has 1 fully saturated rings. The Morgan fingerprint density at radius 2 is 2.12 bits per heavy atom. The SMILES string of the molecule is C=CCOc1ccc2nc(C)n(-c3cccc(C(=O)N[C@H]4CCS(=O)(=O)C4)c3)c(=O)c2c1. The Labute approximate surface area is 185 Å². The molecule has 8 nitrogen and oxygen atoms in total. The fourth-order valence-corrected chi connectivity index (χ4v) is 5.46. The van der Waals surface area contributed by atoms with E-state index < -0.39 is 15.9 Å². The molecule has 3 aromatic rings. The van der Waals surface area contributed by atoms with Crippen molar-refractivity contribution in [3.8, 4) is 11.4 Å². The van der Waals surface area contributed by atoms with Crippen molar-refractivity contribution < 1.29 is 17.9 Å². The molecule has 1 aromatic heterocycles. The lowest BCUT2D eigenvalue weighted by molar-refractivity contribution is 0.0941. The number of nitrogens with one attached hydrogen (secondary N) is 1. The van der Waals surface area contributed by atoms with E-state index in [1.165, 1.54) is 4.57 Å². The summed E-state index contributed by atoms with van der Waals surface area (Å²) in [4.78, 5) is 30.5. The van der Waals surface area contributed by atoms with Crippen molar-refractivity contribution in [2.75, 3.05) is 18.1 Å². The van der Waals surface area contributed by atoms with Crippen molar-refractivity contribution in [2.24, 2.45) is 0 Å². The second-order valence-electron chi connectivity index (χ2n) is 7.70. The van der Waals surface area contributed by atoms with Gasteiger partial charge in [-0.3, -0.25) is 14.2 Å². The molecule has 0 bridgehead atoms. The lowest BCUT2D eigenvalue weighted by Gasteiger charge is -2.14. The number of amides is 1. The summed E-state index contributed by atoms with van der Waals surface area (Å²) in [5.74, 6) is 0.650. The fraction of sp³-hybridized carbons (Fsp3) is 0.261. The normalized spacial score (nSPS) is 17.2. The van der Waals surface area contributed by atoms with E-state index in [1.807, 2.05) is 0 Å². The van der Waals surface area contributed by atoms with Crippen molar-refractivity contribution in [1.82, 2.24) is 14.9 Å². The maximum absolute atomic E-state index is 13.3. The van der Waals surface area contributed by atoms with Gasteiger partial charge in [-0.25, -0.2) is 13.4 Å². The molecule has 1 N–H and O–H groups in total. The fourth-order valence-electron chi connectivity index (χ4n) is 3.79. The molecule has 4 rings (SSSR count). The van der Waals surface area contributed by atoms with E-state index in [1.54, 1.807) is 55.5 Å². The largest absolute Gasteiger partial charge is 0.490 e.